The van der Waals surface area contributed by atoms with Crippen LogP contribution in [0.15, 0.2) is 47.2 Å². The van der Waals surface area contributed by atoms with Gasteiger partial charge in [-0.15, -0.1) is 12.4 Å². The molecule has 1 aliphatic rings. The highest BCUT2D eigenvalue weighted by molar-refractivity contribution is 7.08. The highest BCUT2D eigenvalue weighted by Crippen LogP contribution is 2.26. The third-order valence-electron chi connectivity index (χ3n) is 4.35. The normalized spacial score (nSPS) is 19.3. The molecule has 2 aromatic rings. The van der Waals surface area contributed by atoms with Gasteiger partial charge < -0.3 is 16.0 Å². The van der Waals surface area contributed by atoms with Crippen LogP contribution in [-0.2, 0) is 4.79 Å². The van der Waals surface area contributed by atoms with E-state index >= 15 is 0 Å². The molecule has 5 nitrogen and oxygen atoms in total. The molecule has 2 heterocycles. The van der Waals surface area contributed by atoms with Gasteiger partial charge in [-0.1, -0.05) is 30.3 Å². The lowest BCUT2D eigenvalue weighted by atomic mass is 9.95. The van der Waals surface area contributed by atoms with Gasteiger partial charge in [0.1, 0.15) is 0 Å². The van der Waals surface area contributed by atoms with Gasteiger partial charge in [0.25, 0.3) is 5.91 Å². The van der Waals surface area contributed by atoms with E-state index in [1.54, 1.807) is 16.3 Å². The van der Waals surface area contributed by atoms with E-state index in [-0.39, 0.29) is 36.2 Å². The molecule has 0 aliphatic carbocycles. The lowest BCUT2D eigenvalue weighted by Crippen LogP contribution is -2.34. The first-order valence-electron chi connectivity index (χ1n) is 8.04. The number of nitrogens with zero attached hydrogens (tertiary/aromatic N) is 1. The second kappa shape index (κ2) is 8.99. The van der Waals surface area contributed by atoms with Crippen molar-refractivity contribution in [2.75, 3.05) is 19.6 Å². The summed E-state index contributed by atoms with van der Waals surface area (Å²) in [5.41, 5.74) is 8.03. The first kappa shape index (κ1) is 19.4. The zero-order valence-electron chi connectivity index (χ0n) is 13.8. The molecule has 25 heavy (non-hydrogen) atoms. The number of nitrogens with two attached hydrogens (primary N) is 1. The van der Waals surface area contributed by atoms with Crippen LogP contribution in [0.3, 0.4) is 0 Å². The van der Waals surface area contributed by atoms with Gasteiger partial charge in [0.15, 0.2) is 0 Å². The number of carbonyl (C=O) groups is 2. The maximum atomic E-state index is 12.4. The van der Waals surface area contributed by atoms with Crippen molar-refractivity contribution in [2.45, 2.75) is 18.4 Å². The van der Waals surface area contributed by atoms with Gasteiger partial charge in [0.2, 0.25) is 5.91 Å². The molecule has 134 valence electrons. The monoisotopic (exact) mass is 379 g/mol. The fourth-order valence-electron chi connectivity index (χ4n) is 3.02. The summed E-state index contributed by atoms with van der Waals surface area (Å²) in [6, 6.07) is 11.8. The van der Waals surface area contributed by atoms with Crippen molar-refractivity contribution in [3.05, 3.63) is 58.3 Å². The van der Waals surface area contributed by atoms with Crippen LogP contribution < -0.4 is 11.1 Å². The summed E-state index contributed by atoms with van der Waals surface area (Å²) in [5, 5.41) is 6.43. The van der Waals surface area contributed by atoms with Crippen molar-refractivity contribution in [3.8, 4) is 0 Å². The van der Waals surface area contributed by atoms with Crippen LogP contribution in [0.4, 0.5) is 0 Å². The minimum absolute atomic E-state index is 0. The molecule has 2 amide bonds. The number of rotatable bonds is 5. The molecule has 1 saturated heterocycles. The molecule has 0 unspecified atom stereocenters. The number of likely N-dealkylation sites (tertiary alicyclic amines) is 1. The minimum Gasteiger partial charge on any atom is -0.351 e. The van der Waals surface area contributed by atoms with Gasteiger partial charge in [0, 0.05) is 49.0 Å². The van der Waals surface area contributed by atoms with Crippen molar-refractivity contribution in [1.82, 2.24) is 10.2 Å². The molecular formula is C18H22ClN3O2S. The summed E-state index contributed by atoms with van der Waals surface area (Å²) in [6.45, 7) is 1.55. The summed E-state index contributed by atoms with van der Waals surface area (Å²) in [6.07, 6.45) is 0.296. The Morgan fingerprint density at radius 2 is 1.96 bits per heavy atom. The lowest BCUT2D eigenvalue weighted by Gasteiger charge is -2.16. The molecular weight excluding hydrogens is 358 g/mol. The molecule has 1 aliphatic heterocycles. The highest BCUT2D eigenvalue weighted by atomic mass is 35.5. The van der Waals surface area contributed by atoms with Crippen molar-refractivity contribution in [2.24, 2.45) is 5.73 Å². The number of benzene rings is 1. The first-order valence-corrected chi connectivity index (χ1v) is 8.98. The Morgan fingerprint density at radius 1 is 1.20 bits per heavy atom. The Bertz CT molecular complexity index is 694. The Kier molecular flexibility index (Phi) is 6.99. The van der Waals surface area contributed by atoms with Crippen LogP contribution in [0.1, 0.15) is 28.3 Å². The molecule has 3 rings (SSSR count). The number of carbonyl (C=O) groups excluding carboxylic acids is 2. The predicted octanol–water partition coefficient (Wildman–Crippen LogP) is 2.24. The van der Waals surface area contributed by atoms with E-state index in [1.807, 2.05) is 23.6 Å². The molecule has 0 bridgehead atoms. The van der Waals surface area contributed by atoms with E-state index in [4.69, 9.17) is 5.73 Å². The van der Waals surface area contributed by atoms with Crippen LogP contribution in [0, 0.1) is 0 Å². The topological polar surface area (TPSA) is 75.4 Å². The second-order valence-corrected chi connectivity index (χ2v) is 6.78. The van der Waals surface area contributed by atoms with Crippen molar-refractivity contribution in [1.29, 1.82) is 0 Å². The molecule has 1 aromatic heterocycles. The molecule has 2 atom stereocenters. The first-order chi connectivity index (χ1) is 11.6. The minimum atomic E-state index is -0.135. The molecule has 0 spiro atoms. The summed E-state index contributed by atoms with van der Waals surface area (Å²) >= 11 is 1.48. The molecule has 0 saturated carbocycles. The summed E-state index contributed by atoms with van der Waals surface area (Å²) in [5.74, 6) is 0.0781. The molecule has 1 aromatic carbocycles. The average Bonchev–Trinajstić information content (AvgIpc) is 3.25. The number of amides is 2. The Morgan fingerprint density at radius 3 is 2.64 bits per heavy atom. The number of halogens is 1. The van der Waals surface area contributed by atoms with Crippen LogP contribution in [0.25, 0.3) is 0 Å². The lowest BCUT2D eigenvalue weighted by molar-refractivity contribution is -0.130. The maximum Gasteiger partial charge on any atom is 0.252 e. The Balaban J connectivity index is 0.00000225. The molecule has 3 N–H and O–H groups in total. The van der Waals surface area contributed by atoms with Gasteiger partial charge in [0.05, 0.1) is 0 Å². The fraction of sp³-hybridized carbons (Fsp3) is 0.333. The van der Waals surface area contributed by atoms with E-state index < -0.39 is 0 Å². The number of nitrogens with one attached hydrogen (secondary N) is 1. The average molecular weight is 380 g/mol. The van der Waals surface area contributed by atoms with Crippen LogP contribution in [-0.4, -0.2) is 42.4 Å². The summed E-state index contributed by atoms with van der Waals surface area (Å²) in [4.78, 5) is 26.0. The van der Waals surface area contributed by atoms with E-state index in [2.05, 4.69) is 17.4 Å². The van der Waals surface area contributed by atoms with E-state index in [9.17, 15) is 9.59 Å². The van der Waals surface area contributed by atoms with Gasteiger partial charge in [-0.05, 0) is 17.0 Å². The number of thiophene rings is 1. The van der Waals surface area contributed by atoms with Gasteiger partial charge in [-0.3, -0.25) is 9.59 Å². The predicted molar refractivity (Wildman–Crippen MR) is 102 cm³/mol. The van der Waals surface area contributed by atoms with E-state index in [1.165, 1.54) is 16.9 Å². The third kappa shape index (κ3) is 4.81. The zero-order valence-corrected chi connectivity index (χ0v) is 15.4. The SMILES string of the molecule is Cl.N[C@@H]1CN(C(=O)CCNC(=O)c2ccsc2)C[C@H]1c1ccccc1. The third-order valence-corrected chi connectivity index (χ3v) is 5.04. The zero-order chi connectivity index (χ0) is 16.9. The molecule has 0 radical (unpaired) electrons. The van der Waals surface area contributed by atoms with E-state index in [0.29, 0.717) is 31.6 Å². The largest absolute Gasteiger partial charge is 0.351 e. The standard InChI is InChI=1S/C18H21N3O2S.ClH/c19-16-11-21(10-15(16)13-4-2-1-3-5-13)17(22)6-8-20-18(23)14-7-9-24-12-14;/h1-5,7,9,12,15-16H,6,8,10-11,19H2,(H,20,23);1H/t15-,16+;/m0./s1. The van der Waals surface area contributed by atoms with Crippen molar-refractivity contribution >= 4 is 35.6 Å². The van der Waals surface area contributed by atoms with Gasteiger partial charge in [-0.2, -0.15) is 11.3 Å². The Labute approximate surface area is 157 Å². The molecule has 1 fully saturated rings. The molecule has 7 heteroatoms. The smallest absolute Gasteiger partial charge is 0.252 e. The van der Waals surface area contributed by atoms with Crippen LogP contribution in [0.5, 0.6) is 0 Å². The van der Waals surface area contributed by atoms with Crippen LogP contribution in [0.2, 0.25) is 0 Å². The van der Waals surface area contributed by atoms with Gasteiger partial charge >= 0.3 is 0 Å². The van der Waals surface area contributed by atoms with Crippen molar-refractivity contribution < 1.29 is 9.59 Å². The highest BCUT2D eigenvalue weighted by Gasteiger charge is 2.33. The van der Waals surface area contributed by atoms with E-state index in [0.717, 1.165) is 0 Å². The second-order valence-electron chi connectivity index (χ2n) is 6.00. The summed E-state index contributed by atoms with van der Waals surface area (Å²) < 4.78 is 0. The maximum absolute atomic E-state index is 12.4. The van der Waals surface area contributed by atoms with Gasteiger partial charge in [-0.25, -0.2) is 0 Å². The van der Waals surface area contributed by atoms with Crippen LogP contribution >= 0.6 is 23.7 Å². The quantitative estimate of drug-likeness (QED) is 0.836. The number of hydrogen-bond donors (Lipinski definition) is 2. The Hall–Kier alpha value is -1.89. The summed E-state index contributed by atoms with van der Waals surface area (Å²) in [7, 11) is 0. The van der Waals surface area contributed by atoms with Crippen molar-refractivity contribution in [3.63, 3.8) is 0 Å². The fourth-order valence-corrected chi connectivity index (χ4v) is 3.66. The number of hydrogen-bond acceptors (Lipinski definition) is 4.